The Kier molecular flexibility index (Phi) is 15.9. The quantitative estimate of drug-likeness (QED) is 0.231. The minimum atomic E-state index is -0.405. The lowest BCUT2D eigenvalue weighted by atomic mass is 10.0. The second-order valence-corrected chi connectivity index (χ2v) is 8.23. The Bertz CT molecular complexity index is 1110. The van der Waals surface area contributed by atoms with Crippen molar-refractivity contribution < 1.29 is 38.9 Å². The maximum absolute atomic E-state index is 11.9. The minimum Gasteiger partial charge on any atom is -0.463 e. The zero-order chi connectivity index (χ0) is 29.9. The number of hydrogen-bond acceptors (Lipinski definition) is 8. The molecule has 2 rings (SSSR count). The van der Waals surface area contributed by atoms with Gasteiger partial charge in [0.1, 0.15) is 0 Å². The number of carbonyl (C=O) groups excluding carboxylic acids is 4. The van der Waals surface area contributed by atoms with Gasteiger partial charge in [-0.3, -0.25) is 9.59 Å². The van der Waals surface area contributed by atoms with Crippen LogP contribution in [0.2, 0.25) is 0 Å². The van der Waals surface area contributed by atoms with Crippen molar-refractivity contribution in [2.75, 3.05) is 39.5 Å². The Morgan fingerprint density at radius 1 is 0.675 bits per heavy atom. The molecule has 0 aliphatic rings. The Labute approximate surface area is 234 Å². The van der Waals surface area contributed by atoms with Crippen LogP contribution in [0, 0.1) is 0 Å². The summed E-state index contributed by atoms with van der Waals surface area (Å²) in [5.74, 6) is -1.39. The van der Waals surface area contributed by atoms with E-state index in [0.717, 1.165) is 0 Å². The summed E-state index contributed by atoms with van der Waals surface area (Å²) in [6.07, 6.45) is 3.23. The van der Waals surface area contributed by atoms with Crippen LogP contribution in [0.1, 0.15) is 59.5 Å². The molecular weight excluding hydrogens is 516 g/mol. The molecule has 0 saturated carbocycles. The van der Waals surface area contributed by atoms with Crippen LogP contribution in [0.15, 0.2) is 59.7 Å². The molecule has 2 aromatic rings. The first-order valence-corrected chi connectivity index (χ1v) is 12.9. The lowest BCUT2D eigenvalue weighted by Crippen LogP contribution is -2.27. The van der Waals surface area contributed by atoms with E-state index in [1.165, 1.54) is 0 Å². The summed E-state index contributed by atoms with van der Waals surface area (Å²) in [4.78, 5) is 47.0. The Morgan fingerprint density at radius 2 is 1.02 bits per heavy atom. The largest absolute Gasteiger partial charge is 0.463 e. The van der Waals surface area contributed by atoms with Gasteiger partial charge in [0.15, 0.2) is 0 Å². The molecule has 0 unspecified atom stereocenters. The molecule has 2 aromatic carbocycles. The molecule has 216 valence electrons. The van der Waals surface area contributed by atoms with E-state index < -0.39 is 11.9 Å². The van der Waals surface area contributed by atoms with Crippen LogP contribution in [0.5, 0.6) is 0 Å². The van der Waals surface area contributed by atoms with E-state index in [1.54, 1.807) is 88.4 Å². The van der Waals surface area contributed by atoms with Crippen molar-refractivity contribution in [3.8, 4) is 0 Å². The molecule has 0 fully saturated rings. The number of aliphatic hydroxyl groups is 2. The highest BCUT2D eigenvalue weighted by Gasteiger charge is 2.12. The van der Waals surface area contributed by atoms with E-state index in [-0.39, 0.29) is 38.1 Å². The third-order valence-electron chi connectivity index (χ3n) is 5.14. The zero-order valence-electron chi connectivity index (χ0n) is 23.4. The van der Waals surface area contributed by atoms with Crippen LogP contribution in [0.25, 0.3) is 12.2 Å². The molecule has 40 heavy (non-hydrogen) atoms. The number of amides is 2. The first-order valence-electron chi connectivity index (χ1n) is 12.9. The number of nitrogens with one attached hydrogen (secondary N) is 2. The first-order chi connectivity index (χ1) is 19.2. The van der Waals surface area contributed by atoms with Crippen molar-refractivity contribution in [1.82, 2.24) is 10.6 Å². The Morgan fingerprint density at radius 3 is 1.35 bits per heavy atom. The summed E-state index contributed by atoms with van der Waals surface area (Å²) in [7, 11) is 0. The standard InChI is InChI=1S/2C15H19NO4/c2*1-3-20-15(19)11(2)10-12-6-4-5-7-13(12)14(18)16-8-9-17/h2*4-7,10,17H,3,8-9H2,1-2H3,(H,16,18). The molecule has 4 N–H and O–H groups in total. The average molecular weight is 555 g/mol. The van der Waals surface area contributed by atoms with Crippen molar-refractivity contribution in [3.05, 3.63) is 81.9 Å². The Balaban J connectivity index is 0.000000400. The summed E-state index contributed by atoms with van der Waals surface area (Å²) < 4.78 is 9.80. The molecule has 2 amide bonds. The average Bonchev–Trinajstić information content (AvgIpc) is 2.95. The van der Waals surface area contributed by atoms with Crippen LogP contribution >= 0.6 is 0 Å². The topological polar surface area (TPSA) is 151 Å². The van der Waals surface area contributed by atoms with Crippen molar-refractivity contribution in [2.45, 2.75) is 27.7 Å². The number of ether oxygens (including phenoxy) is 2. The minimum absolute atomic E-state index is 0.119. The van der Waals surface area contributed by atoms with Gasteiger partial charge in [0.2, 0.25) is 0 Å². The Hall–Kier alpha value is -4.28. The third-order valence-corrected chi connectivity index (χ3v) is 5.14. The fraction of sp³-hybridized carbons (Fsp3) is 0.333. The van der Waals surface area contributed by atoms with Gasteiger partial charge in [-0.15, -0.1) is 0 Å². The fourth-order valence-corrected chi connectivity index (χ4v) is 3.26. The summed E-state index contributed by atoms with van der Waals surface area (Å²) in [5.41, 5.74) is 3.01. The highest BCUT2D eigenvalue weighted by Crippen LogP contribution is 2.15. The molecule has 0 atom stereocenters. The monoisotopic (exact) mass is 554 g/mol. The smallest absolute Gasteiger partial charge is 0.333 e. The van der Waals surface area contributed by atoms with Gasteiger partial charge in [0.05, 0.1) is 26.4 Å². The van der Waals surface area contributed by atoms with Crippen molar-refractivity contribution in [1.29, 1.82) is 0 Å². The second-order valence-electron chi connectivity index (χ2n) is 8.23. The number of rotatable bonds is 12. The molecule has 0 bridgehead atoms. The number of benzene rings is 2. The summed E-state index contributed by atoms with van der Waals surface area (Å²) in [6, 6.07) is 13.9. The van der Waals surface area contributed by atoms with Crippen molar-refractivity contribution in [3.63, 3.8) is 0 Å². The van der Waals surface area contributed by atoms with Crippen LogP contribution in [-0.2, 0) is 19.1 Å². The van der Waals surface area contributed by atoms with Crippen molar-refractivity contribution in [2.24, 2.45) is 0 Å². The van der Waals surface area contributed by atoms with E-state index in [0.29, 0.717) is 46.6 Å². The predicted molar refractivity (Wildman–Crippen MR) is 152 cm³/mol. The molecule has 0 spiro atoms. The van der Waals surface area contributed by atoms with Gasteiger partial charge in [-0.2, -0.15) is 0 Å². The third kappa shape index (κ3) is 11.6. The van der Waals surface area contributed by atoms with Crippen LogP contribution < -0.4 is 10.6 Å². The maximum Gasteiger partial charge on any atom is 0.333 e. The van der Waals surface area contributed by atoms with Gasteiger partial charge < -0.3 is 30.3 Å². The molecule has 10 heteroatoms. The van der Waals surface area contributed by atoms with Gasteiger partial charge in [0.25, 0.3) is 11.8 Å². The van der Waals surface area contributed by atoms with E-state index in [2.05, 4.69) is 10.6 Å². The van der Waals surface area contributed by atoms with Gasteiger partial charge in [-0.25, -0.2) is 9.59 Å². The second kappa shape index (κ2) is 18.9. The van der Waals surface area contributed by atoms with Gasteiger partial charge in [0, 0.05) is 35.4 Å². The molecular formula is C30H38N2O8. The van der Waals surface area contributed by atoms with Crippen LogP contribution in [-0.4, -0.2) is 73.5 Å². The highest BCUT2D eigenvalue weighted by atomic mass is 16.5. The van der Waals surface area contributed by atoms with Crippen molar-refractivity contribution >= 4 is 35.9 Å². The van der Waals surface area contributed by atoms with E-state index in [4.69, 9.17) is 19.7 Å². The molecule has 0 saturated heterocycles. The number of esters is 2. The SMILES string of the molecule is CCOC(=O)C(C)=Cc1ccccc1C(=O)NCCO.CCOC(=O)C(C)=Cc1ccccc1C(=O)NCCO. The molecule has 0 heterocycles. The van der Waals surface area contributed by atoms with Gasteiger partial charge in [-0.1, -0.05) is 36.4 Å². The zero-order valence-corrected chi connectivity index (χ0v) is 23.4. The first kappa shape index (κ1) is 33.7. The highest BCUT2D eigenvalue weighted by molar-refractivity contribution is 6.01. The van der Waals surface area contributed by atoms with Crippen LogP contribution in [0.4, 0.5) is 0 Å². The molecule has 0 aliphatic carbocycles. The van der Waals surface area contributed by atoms with Crippen LogP contribution in [0.3, 0.4) is 0 Å². The lowest BCUT2D eigenvalue weighted by molar-refractivity contribution is -0.139. The molecule has 0 aliphatic heterocycles. The molecule has 10 nitrogen and oxygen atoms in total. The van der Waals surface area contributed by atoms with Gasteiger partial charge in [-0.05, 0) is 63.1 Å². The number of carbonyl (C=O) groups is 4. The molecule has 0 radical (unpaired) electrons. The summed E-state index contributed by atoms with van der Waals surface area (Å²) in [5, 5.41) is 22.6. The van der Waals surface area contributed by atoms with Gasteiger partial charge >= 0.3 is 11.9 Å². The number of hydrogen-bond donors (Lipinski definition) is 4. The summed E-state index contributed by atoms with van der Waals surface area (Å²) >= 11 is 0. The van der Waals surface area contributed by atoms with E-state index >= 15 is 0 Å². The predicted octanol–water partition coefficient (Wildman–Crippen LogP) is 2.75. The summed E-state index contributed by atoms with van der Waals surface area (Å²) in [6.45, 7) is 7.51. The lowest BCUT2D eigenvalue weighted by Gasteiger charge is -2.08. The number of aliphatic hydroxyl groups excluding tert-OH is 2. The van der Waals surface area contributed by atoms with E-state index in [1.807, 2.05) is 0 Å². The molecule has 0 aromatic heterocycles. The maximum atomic E-state index is 11.9. The van der Waals surface area contributed by atoms with E-state index in [9.17, 15) is 19.2 Å². The fourth-order valence-electron chi connectivity index (χ4n) is 3.26. The normalized spacial score (nSPS) is 11.1.